The van der Waals surface area contributed by atoms with Gasteiger partial charge in [0.25, 0.3) is 0 Å². The van der Waals surface area contributed by atoms with Gasteiger partial charge in [0, 0.05) is 64.9 Å². The first kappa shape index (κ1) is 30.9. The van der Waals surface area contributed by atoms with Crippen LogP contribution in [0.2, 0.25) is 0 Å². The first-order chi connectivity index (χ1) is 20.3. The molecular formula is C34H43N5O3. The van der Waals surface area contributed by atoms with E-state index >= 15 is 0 Å². The van der Waals surface area contributed by atoms with Gasteiger partial charge in [-0.25, -0.2) is 9.97 Å². The summed E-state index contributed by atoms with van der Waals surface area (Å²) in [7, 11) is 5.22. The number of fused-ring (bicyclic) bond motifs is 3. The Morgan fingerprint density at radius 3 is 2.17 bits per heavy atom. The first-order valence-electron chi connectivity index (χ1n) is 14.9. The second-order valence-electron chi connectivity index (χ2n) is 10.6. The lowest BCUT2D eigenvalue weighted by molar-refractivity contribution is -0.118. The summed E-state index contributed by atoms with van der Waals surface area (Å²) in [6.45, 7) is 8.05. The van der Waals surface area contributed by atoms with E-state index in [1.807, 2.05) is 44.2 Å². The number of ether oxygens (including phenoxy) is 2. The number of amides is 1. The molecule has 0 fully saturated rings. The highest BCUT2D eigenvalue weighted by atomic mass is 16.5. The van der Waals surface area contributed by atoms with Crippen molar-refractivity contribution in [2.75, 3.05) is 26.2 Å². The van der Waals surface area contributed by atoms with E-state index in [9.17, 15) is 4.79 Å². The molecule has 1 aromatic carbocycles. The summed E-state index contributed by atoms with van der Waals surface area (Å²) < 4.78 is 10.7. The van der Waals surface area contributed by atoms with Gasteiger partial charge in [-0.05, 0) is 70.9 Å². The number of carbonyl (C=O) groups excluding carboxylic acids is 1. The summed E-state index contributed by atoms with van der Waals surface area (Å²) in [5, 5.41) is 1.08. The van der Waals surface area contributed by atoms with Crippen LogP contribution in [0.3, 0.4) is 0 Å². The summed E-state index contributed by atoms with van der Waals surface area (Å²) >= 11 is 0. The Hall–Kier alpha value is -4.07. The van der Waals surface area contributed by atoms with Crippen LogP contribution in [0.1, 0.15) is 72.8 Å². The van der Waals surface area contributed by atoms with E-state index in [2.05, 4.69) is 39.8 Å². The maximum atomic E-state index is 11.4. The van der Waals surface area contributed by atoms with Gasteiger partial charge in [0.2, 0.25) is 5.91 Å². The predicted octanol–water partition coefficient (Wildman–Crippen LogP) is 6.34. The molecule has 42 heavy (non-hydrogen) atoms. The van der Waals surface area contributed by atoms with Crippen molar-refractivity contribution in [2.24, 2.45) is 0 Å². The van der Waals surface area contributed by atoms with Crippen molar-refractivity contribution in [3.63, 3.8) is 0 Å². The molecule has 0 unspecified atom stereocenters. The lowest BCUT2D eigenvalue weighted by atomic mass is 9.94. The van der Waals surface area contributed by atoms with Crippen LogP contribution in [0.25, 0.3) is 10.9 Å². The van der Waals surface area contributed by atoms with E-state index in [1.165, 1.54) is 24.1 Å². The number of hydrogen-bond donors (Lipinski definition) is 0. The Morgan fingerprint density at radius 2 is 1.45 bits per heavy atom. The average molecular weight is 570 g/mol. The molecule has 0 atom stereocenters. The summed E-state index contributed by atoms with van der Waals surface area (Å²) in [5.41, 5.74) is 7.94. The quantitative estimate of drug-likeness (QED) is 0.283. The maximum Gasteiger partial charge on any atom is 0.228 e. The molecule has 0 saturated carbocycles. The number of anilines is 1. The van der Waals surface area contributed by atoms with Crippen LogP contribution in [0.5, 0.6) is 11.5 Å². The largest absolute Gasteiger partial charge is 0.496 e. The Labute approximate surface area is 249 Å². The van der Waals surface area contributed by atoms with E-state index in [4.69, 9.17) is 9.47 Å². The number of pyridine rings is 2. The van der Waals surface area contributed by atoms with Crippen molar-refractivity contribution in [3.05, 3.63) is 76.1 Å². The number of benzene rings is 1. The number of rotatable bonds is 4. The molecule has 1 amide bonds. The summed E-state index contributed by atoms with van der Waals surface area (Å²) in [6, 6.07) is 12.1. The van der Waals surface area contributed by atoms with Crippen molar-refractivity contribution >= 4 is 22.6 Å². The molecule has 0 saturated heterocycles. The van der Waals surface area contributed by atoms with Gasteiger partial charge in [-0.2, -0.15) is 0 Å². The van der Waals surface area contributed by atoms with Crippen molar-refractivity contribution in [1.29, 1.82) is 0 Å². The molecule has 2 aliphatic rings. The number of aromatic nitrogens is 4. The third kappa shape index (κ3) is 7.04. The number of para-hydroxylation sites is 1. The monoisotopic (exact) mass is 569 g/mol. The third-order valence-corrected chi connectivity index (χ3v) is 7.79. The molecule has 222 valence electrons. The van der Waals surface area contributed by atoms with Crippen LogP contribution >= 0.6 is 0 Å². The fourth-order valence-corrected chi connectivity index (χ4v) is 5.44. The van der Waals surface area contributed by atoms with Crippen molar-refractivity contribution in [2.45, 2.75) is 79.1 Å². The minimum Gasteiger partial charge on any atom is -0.496 e. The summed E-state index contributed by atoms with van der Waals surface area (Å²) in [4.78, 5) is 30.9. The zero-order chi connectivity index (χ0) is 30.2. The predicted molar refractivity (Wildman–Crippen MR) is 168 cm³/mol. The second-order valence-corrected chi connectivity index (χ2v) is 10.6. The average Bonchev–Trinajstić information content (AvgIpc) is 3.02. The van der Waals surface area contributed by atoms with Crippen molar-refractivity contribution < 1.29 is 14.3 Å². The molecule has 8 nitrogen and oxygen atoms in total. The second kappa shape index (κ2) is 14.2. The highest BCUT2D eigenvalue weighted by Gasteiger charge is 2.24. The van der Waals surface area contributed by atoms with E-state index in [0.717, 1.165) is 88.8 Å². The van der Waals surface area contributed by atoms with Crippen LogP contribution in [0, 0.1) is 13.8 Å². The highest BCUT2D eigenvalue weighted by molar-refractivity contribution is 5.94. The third-order valence-electron chi connectivity index (χ3n) is 7.79. The Bertz CT molecular complexity index is 1540. The first-order valence-corrected chi connectivity index (χ1v) is 14.9. The van der Waals surface area contributed by atoms with Gasteiger partial charge >= 0.3 is 0 Å². The van der Waals surface area contributed by atoms with Crippen LogP contribution in [0.15, 0.2) is 36.4 Å². The lowest BCUT2D eigenvalue weighted by Gasteiger charge is -2.25. The molecule has 3 aromatic heterocycles. The normalized spacial score (nSPS) is 13.7. The molecular weight excluding hydrogens is 526 g/mol. The van der Waals surface area contributed by atoms with Crippen LogP contribution in [-0.2, 0) is 36.9 Å². The minimum absolute atomic E-state index is 0.134. The van der Waals surface area contributed by atoms with Gasteiger partial charge in [-0.15, -0.1) is 0 Å². The van der Waals surface area contributed by atoms with Crippen LogP contribution in [0.4, 0.5) is 5.82 Å². The standard InChI is InChI=1S/C12H17NO.C12H13NO.C10H13N3O/c2*1-3-9-8-12(14-2)10-6-4-5-7-11(10)13-9;1-6-8-4-5-9(14)13(3)10(8)12-7(2)11-6/h8H,3-7H2,1-2H3;4-8H,3H2,1-2H3;4-5H2,1-3H3. The highest BCUT2D eigenvalue weighted by Crippen LogP contribution is 2.29. The minimum atomic E-state index is 0.134. The van der Waals surface area contributed by atoms with Crippen molar-refractivity contribution in [1.82, 2.24) is 19.9 Å². The van der Waals surface area contributed by atoms with E-state index in [0.29, 0.717) is 6.42 Å². The number of hydrogen-bond acceptors (Lipinski definition) is 7. The summed E-state index contributed by atoms with van der Waals surface area (Å²) in [5.74, 6) is 3.60. The molecule has 1 aliphatic carbocycles. The lowest BCUT2D eigenvalue weighted by Crippen LogP contribution is -2.33. The smallest absolute Gasteiger partial charge is 0.228 e. The number of methoxy groups -OCH3 is 2. The Balaban J connectivity index is 0.000000145. The van der Waals surface area contributed by atoms with Gasteiger partial charge in [0.1, 0.15) is 23.1 Å². The zero-order valence-electron chi connectivity index (χ0n) is 26.1. The van der Waals surface area contributed by atoms with Crippen LogP contribution < -0.4 is 14.4 Å². The SMILES string of the molecule is CCc1cc(OC)c2c(n1)CCCC2.CCc1cc(OC)c2ccccc2n1.Cc1nc(C)c2c(n1)N(C)C(=O)CC2. The molecule has 0 bridgehead atoms. The van der Waals surface area contributed by atoms with E-state index < -0.39 is 0 Å². The fraction of sp³-hybridized carbons (Fsp3) is 0.441. The summed E-state index contributed by atoms with van der Waals surface area (Å²) in [6.07, 6.45) is 8.06. The number of aryl methyl sites for hydroxylation is 5. The van der Waals surface area contributed by atoms with E-state index in [-0.39, 0.29) is 5.91 Å². The maximum absolute atomic E-state index is 11.4. The van der Waals surface area contributed by atoms with Gasteiger partial charge in [-0.3, -0.25) is 19.7 Å². The Morgan fingerprint density at radius 1 is 0.786 bits per heavy atom. The molecule has 4 aromatic rings. The van der Waals surface area contributed by atoms with Gasteiger partial charge in [0.15, 0.2) is 0 Å². The molecule has 6 rings (SSSR count). The van der Waals surface area contributed by atoms with Crippen LogP contribution in [-0.4, -0.2) is 47.1 Å². The number of carbonyl (C=O) groups is 1. The topological polar surface area (TPSA) is 90.3 Å². The molecule has 0 spiro atoms. The molecule has 1 aliphatic heterocycles. The number of nitrogens with zero attached hydrogens (tertiary/aromatic N) is 5. The van der Waals surface area contributed by atoms with Crippen molar-refractivity contribution in [3.8, 4) is 11.5 Å². The molecule has 4 heterocycles. The molecule has 8 heteroatoms. The molecule has 0 N–H and O–H groups in total. The Kier molecular flexibility index (Phi) is 10.4. The molecule has 0 radical (unpaired) electrons. The van der Waals surface area contributed by atoms with Gasteiger partial charge < -0.3 is 9.47 Å². The van der Waals surface area contributed by atoms with E-state index in [1.54, 1.807) is 26.2 Å². The van der Waals surface area contributed by atoms with Gasteiger partial charge in [-0.1, -0.05) is 26.0 Å². The fourth-order valence-electron chi connectivity index (χ4n) is 5.44. The van der Waals surface area contributed by atoms with Gasteiger partial charge in [0.05, 0.1) is 19.7 Å². The zero-order valence-corrected chi connectivity index (χ0v) is 26.1.